The molecule has 3 aromatic rings. The number of aromatic amines is 1. The summed E-state index contributed by atoms with van der Waals surface area (Å²) in [6, 6.07) is 18.4. The molecule has 0 saturated carbocycles. The molecule has 28 heavy (non-hydrogen) atoms. The first-order valence-electron chi connectivity index (χ1n) is 8.64. The lowest BCUT2D eigenvalue weighted by molar-refractivity contribution is -0.123. The molecule has 1 atom stereocenters. The van der Waals surface area contributed by atoms with Crippen LogP contribution >= 0.6 is 15.9 Å². The first-order valence-corrected chi connectivity index (χ1v) is 9.43. The first-order chi connectivity index (χ1) is 13.5. The van der Waals surface area contributed by atoms with Gasteiger partial charge in [0, 0.05) is 16.4 Å². The zero-order valence-electron chi connectivity index (χ0n) is 15.1. The Kier molecular flexibility index (Phi) is 6.49. The Morgan fingerprint density at radius 1 is 1.11 bits per heavy atom. The minimum Gasteiger partial charge on any atom is -0.489 e. The first kappa shape index (κ1) is 19.7. The molecule has 7 heteroatoms. The Labute approximate surface area is 171 Å². The maximum absolute atomic E-state index is 12.2. The lowest BCUT2D eigenvalue weighted by atomic mass is 10.2. The Balaban J connectivity index is 1.50. The molecular weight excluding hydrogens is 424 g/mol. The normalized spacial score (nSPS) is 11.5. The van der Waals surface area contributed by atoms with Gasteiger partial charge in [0.05, 0.1) is 0 Å². The number of carbonyl (C=O) groups is 2. The third-order valence-corrected chi connectivity index (χ3v) is 4.35. The smallest absolute Gasteiger partial charge is 0.355 e. The van der Waals surface area contributed by atoms with E-state index in [0.29, 0.717) is 18.0 Å². The number of anilines is 1. The molecule has 6 nitrogen and oxygen atoms in total. The third kappa shape index (κ3) is 5.47. The summed E-state index contributed by atoms with van der Waals surface area (Å²) in [5.41, 5.74) is 1.93. The number of hydrogen-bond acceptors (Lipinski definition) is 4. The number of H-pyrrole nitrogens is 1. The Hall–Kier alpha value is -3.06. The highest BCUT2D eigenvalue weighted by atomic mass is 79.9. The Morgan fingerprint density at radius 2 is 1.82 bits per heavy atom. The van der Waals surface area contributed by atoms with Crippen LogP contribution in [-0.4, -0.2) is 23.0 Å². The molecule has 0 aliphatic rings. The van der Waals surface area contributed by atoms with Crippen molar-refractivity contribution in [2.24, 2.45) is 0 Å². The maximum Gasteiger partial charge on any atom is 0.355 e. The summed E-state index contributed by atoms with van der Waals surface area (Å²) in [4.78, 5) is 27.0. The van der Waals surface area contributed by atoms with Crippen molar-refractivity contribution < 1.29 is 19.1 Å². The van der Waals surface area contributed by atoms with E-state index in [2.05, 4.69) is 26.2 Å². The molecule has 0 aliphatic carbocycles. The second kappa shape index (κ2) is 9.23. The van der Waals surface area contributed by atoms with E-state index in [9.17, 15) is 9.59 Å². The molecule has 1 unspecified atom stereocenters. The van der Waals surface area contributed by atoms with Gasteiger partial charge in [-0.3, -0.25) is 4.79 Å². The molecule has 1 aromatic heterocycles. The number of hydrogen-bond donors (Lipinski definition) is 2. The van der Waals surface area contributed by atoms with Crippen molar-refractivity contribution in [3.8, 4) is 5.75 Å². The summed E-state index contributed by atoms with van der Waals surface area (Å²) >= 11 is 3.24. The quantitative estimate of drug-likeness (QED) is 0.526. The van der Waals surface area contributed by atoms with Crippen LogP contribution in [0.4, 0.5) is 5.69 Å². The summed E-state index contributed by atoms with van der Waals surface area (Å²) in [7, 11) is 0. The Morgan fingerprint density at radius 3 is 2.46 bits per heavy atom. The monoisotopic (exact) mass is 442 g/mol. The fourth-order valence-electron chi connectivity index (χ4n) is 2.38. The number of benzene rings is 2. The van der Waals surface area contributed by atoms with Crippen LogP contribution in [0.3, 0.4) is 0 Å². The van der Waals surface area contributed by atoms with Crippen LogP contribution in [0.25, 0.3) is 0 Å². The van der Waals surface area contributed by atoms with Gasteiger partial charge in [0.25, 0.3) is 5.91 Å². The molecular formula is C21H19BrN2O4. The maximum atomic E-state index is 12.2. The van der Waals surface area contributed by atoms with Crippen molar-refractivity contribution in [2.75, 3.05) is 5.32 Å². The van der Waals surface area contributed by atoms with Crippen LogP contribution in [0.1, 0.15) is 23.0 Å². The fraction of sp³-hybridized carbons (Fsp3) is 0.143. The number of halogens is 1. The molecule has 0 bridgehead atoms. The number of rotatable bonds is 7. The number of amides is 1. The molecule has 144 valence electrons. The second-order valence-electron chi connectivity index (χ2n) is 6.07. The highest BCUT2D eigenvalue weighted by Crippen LogP contribution is 2.18. The number of esters is 1. The molecule has 0 radical (unpaired) electrons. The van der Waals surface area contributed by atoms with Crippen LogP contribution in [0, 0.1) is 0 Å². The number of aromatic nitrogens is 1. The van der Waals surface area contributed by atoms with E-state index in [1.165, 1.54) is 6.92 Å². The van der Waals surface area contributed by atoms with E-state index in [1.54, 1.807) is 36.5 Å². The SMILES string of the molecule is CC(OC(=O)c1cc(Br)c[nH]1)C(=O)Nc1ccc(OCc2ccccc2)cc1. The molecule has 2 aromatic carbocycles. The minimum absolute atomic E-state index is 0.270. The van der Waals surface area contributed by atoms with Gasteiger partial charge in [0.15, 0.2) is 6.10 Å². The van der Waals surface area contributed by atoms with Gasteiger partial charge >= 0.3 is 5.97 Å². The third-order valence-electron chi connectivity index (χ3n) is 3.89. The molecule has 3 rings (SSSR count). The van der Waals surface area contributed by atoms with Gasteiger partial charge in [-0.1, -0.05) is 30.3 Å². The van der Waals surface area contributed by atoms with Gasteiger partial charge < -0.3 is 19.8 Å². The highest BCUT2D eigenvalue weighted by molar-refractivity contribution is 9.10. The topological polar surface area (TPSA) is 80.4 Å². The van der Waals surface area contributed by atoms with Gasteiger partial charge in [-0.25, -0.2) is 4.79 Å². The van der Waals surface area contributed by atoms with Crippen LogP contribution in [0.15, 0.2) is 71.3 Å². The summed E-state index contributed by atoms with van der Waals surface area (Å²) in [5.74, 6) is -0.325. The van der Waals surface area contributed by atoms with E-state index in [1.807, 2.05) is 30.3 Å². The van der Waals surface area contributed by atoms with Crippen molar-refractivity contribution in [1.29, 1.82) is 0 Å². The van der Waals surface area contributed by atoms with Crippen LogP contribution in [0.2, 0.25) is 0 Å². The molecule has 2 N–H and O–H groups in total. The average molecular weight is 443 g/mol. The second-order valence-corrected chi connectivity index (χ2v) is 6.98. The van der Waals surface area contributed by atoms with Crippen molar-refractivity contribution >= 4 is 33.5 Å². The van der Waals surface area contributed by atoms with Crippen LogP contribution < -0.4 is 10.1 Å². The largest absolute Gasteiger partial charge is 0.489 e. The zero-order chi connectivity index (χ0) is 19.9. The van der Waals surface area contributed by atoms with Crippen molar-refractivity contribution in [3.05, 3.63) is 82.6 Å². The number of nitrogens with one attached hydrogen (secondary N) is 2. The molecule has 0 aliphatic heterocycles. The zero-order valence-corrected chi connectivity index (χ0v) is 16.7. The van der Waals surface area contributed by atoms with Crippen molar-refractivity contribution in [3.63, 3.8) is 0 Å². The molecule has 0 saturated heterocycles. The molecule has 0 fully saturated rings. The number of carbonyl (C=O) groups excluding carboxylic acids is 2. The average Bonchev–Trinajstić information content (AvgIpc) is 3.14. The minimum atomic E-state index is -0.941. The summed E-state index contributed by atoms with van der Waals surface area (Å²) in [6.45, 7) is 1.98. The Bertz CT molecular complexity index is 939. The summed E-state index contributed by atoms with van der Waals surface area (Å²) < 4.78 is 11.6. The van der Waals surface area contributed by atoms with Gasteiger partial charge in [0.2, 0.25) is 0 Å². The lowest BCUT2D eigenvalue weighted by Gasteiger charge is -2.13. The molecule has 0 spiro atoms. The predicted molar refractivity (Wildman–Crippen MR) is 109 cm³/mol. The summed E-state index contributed by atoms with van der Waals surface area (Å²) in [5, 5.41) is 2.71. The van der Waals surface area contributed by atoms with E-state index in [0.717, 1.165) is 10.0 Å². The van der Waals surface area contributed by atoms with Crippen molar-refractivity contribution in [2.45, 2.75) is 19.6 Å². The van der Waals surface area contributed by atoms with Gasteiger partial charge in [-0.05, 0) is 58.7 Å². The van der Waals surface area contributed by atoms with E-state index in [-0.39, 0.29) is 5.69 Å². The van der Waals surface area contributed by atoms with Gasteiger partial charge in [-0.2, -0.15) is 0 Å². The fourth-order valence-corrected chi connectivity index (χ4v) is 2.73. The standard InChI is InChI=1S/C21H19BrN2O4/c1-14(28-21(26)19-11-16(22)12-23-19)20(25)24-17-7-9-18(10-8-17)27-13-15-5-3-2-4-6-15/h2-12,14,23H,13H2,1H3,(H,24,25). The number of ether oxygens (including phenoxy) is 2. The molecule has 1 amide bonds. The van der Waals surface area contributed by atoms with E-state index < -0.39 is 18.0 Å². The van der Waals surface area contributed by atoms with Gasteiger partial charge in [-0.15, -0.1) is 0 Å². The van der Waals surface area contributed by atoms with E-state index >= 15 is 0 Å². The van der Waals surface area contributed by atoms with Crippen LogP contribution in [-0.2, 0) is 16.1 Å². The van der Waals surface area contributed by atoms with Crippen LogP contribution in [0.5, 0.6) is 5.75 Å². The molecule has 1 heterocycles. The lowest BCUT2D eigenvalue weighted by Crippen LogP contribution is -2.30. The predicted octanol–water partition coefficient (Wildman–Crippen LogP) is 4.54. The van der Waals surface area contributed by atoms with Crippen molar-refractivity contribution in [1.82, 2.24) is 4.98 Å². The van der Waals surface area contributed by atoms with Gasteiger partial charge in [0.1, 0.15) is 18.1 Å². The van der Waals surface area contributed by atoms with E-state index in [4.69, 9.17) is 9.47 Å². The summed E-state index contributed by atoms with van der Waals surface area (Å²) in [6.07, 6.45) is 0.673. The highest BCUT2D eigenvalue weighted by Gasteiger charge is 2.20.